The van der Waals surface area contributed by atoms with Gasteiger partial charge in [-0.05, 0) is 55.5 Å². The zero-order chi connectivity index (χ0) is 20.3. The van der Waals surface area contributed by atoms with E-state index in [9.17, 15) is 0 Å². The van der Waals surface area contributed by atoms with Gasteiger partial charge < -0.3 is 4.74 Å². The minimum atomic E-state index is 0.263. The Labute approximate surface area is 180 Å². The van der Waals surface area contributed by atoms with Crippen LogP contribution >= 0.6 is 0 Å². The van der Waals surface area contributed by atoms with Gasteiger partial charge >= 0.3 is 0 Å². The lowest BCUT2D eigenvalue weighted by atomic mass is 9.72. The molecule has 6 rings (SSSR count). The largest absolute Gasteiger partial charge is 0.372 e. The zero-order valence-corrected chi connectivity index (χ0v) is 17.8. The van der Waals surface area contributed by atoms with Crippen molar-refractivity contribution in [3.05, 3.63) is 107 Å². The highest BCUT2D eigenvalue weighted by atomic mass is 16.5. The van der Waals surface area contributed by atoms with E-state index >= 15 is 0 Å². The lowest BCUT2D eigenvalue weighted by Gasteiger charge is -2.53. The minimum Gasteiger partial charge on any atom is -0.372 e. The number of fused-ring (bicyclic) bond motifs is 3. The van der Waals surface area contributed by atoms with Crippen LogP contribution < -0.4 is 0 Å². The Morgan fingerprint density at radius 3 is 1.93 bits per heavy atom. The maximum Gasteiger partial charge on any atom is 0.0773 e. The molecule has 2 heteroatoms. The van der Waals surface area contributed by atoms with Crippen molar-refractivity contribution in [3.8, 4) is 0 Å². The van der Waals surface area contributed by atoms with Crippen LogP contribution in [0.15, 0.2) is 84.9 Å². The Morgan fingerprint density at radius 2 is 1.37 bits per heavy atom. The predicted molar refractivity (Wildman–Crippen MR) is 123 cm³/mol. The fourth-order valence-electron chi connectivity index (χ4n) is 5.45. The van der Waals surface area contributed by atoms with Gasteiger partial charge in [0.15, 0.2) is 0 Å². The molecule has 2 unspecified atom stereocenters. The second-order valence-electron chi connectivity index (χ2n) is 8.92. The van der Waals surface area contributed by atoms with E-state index in [1.807, 2.05) is 0 Å². The molecule has 3 saturated heterocycles. The van der Waals surface area contributed by atoms with Crippen molar-refractivity contribution in [2.45, 2.75) is 44.4 Å². The summed E-state index contributed by atoms with van der Waals surface area (Å²) in [6.07, 6.45) is 2.77. The lowest BCUT2D eigenvalue weighted by molar-refractivity contribution is -0.120. The molecule has 2 atom stereocenters. The Hall–Kier alpha value is -2.42. The molecular weight excluding hydrogens is 366 g/mol. The van der Waals surface area contributed by atoms with Crippen LogP contribution in [0.3, 0.4) is 0 Å². The third kappa shape index (κ3) is 3.95. The first-order valence-corrected chi connectivity index (χ1v) is 11.3. The second kappa shape index (κ2) is 8.75. The van der Waals surface area contributed by atoms with Crippen LogP contribution in [-0.2, 0) is 11.3 Å². The lowest BCUT2D eigenvalue weighted by Crippen LogP contribution is -2.60. The molecule has 0 amide bonds. The standard InChI is InChI=1S/C28H31NO/c1-21-12-14-22(15-13-21)20-30-28-25-16-18-29(19-17-25)27(28)26(23-8-4-2-5-9-23)24-10-6-3-7-11-24/h2-15,25-28H,16-20H2,1H3. The number of benzene rings is 3. The Morgan fingerprint density at radius 1 is 0.800 bits per heavy atom. The topological polar surface area (TPSA) is 12.5 Å². The molecule has 3 aromatic carbocycles. The van der Waals surface area contributed by atoms with Gasteiger partial charge in [-0.15, -0.1) is 0 Å². The van der Waals surface area contributed by atoms with Gasteiger partial charge in [-0.2, -0.15) is 0 Å². The quantitative estimate of drug-likeness (QED) is 0.521. The molecule has 0 saturated carbocycles. The van der Waals surface area contributed by atoms with Crippen molar-refractivity contribution in [2.75, 3.05) is 13.1 Å². The van der Waals surface area contributed by atoms with E-state index in [1.54, 1.807) is 0 Å². The van der Waals surface area contributed by atoms with Gasteiger partial charge in [0.25, 0.3) is 0 Å². The number of rotatable bonds is 6. The van der Waals surface area contributed by atoms with Crippen LogP contribution in [0.2, 0.25) is 0 Å². The van der Waals surface area contributed by atoms with Crippen molar-refractivity contribution in [3.63, 3.8) is 0 Å². The normalized spacial score (nSPS) is 25.5. The van der Waals surface area contributed by atoms with E-state index in [2.05, 4.69) is 96.8 Å². The van der Waals surface area contributed by atoms with Gasteiger partial charge in [-0.25, -0.2) is 0 Å². The average molecular weight is 398 g/mol. The molecule has 2 nitrogen and oxygen atoms in total. The molecule has 0 spiro atoms. The molecule has 154 valence electrons. The van der Waals surface area contributed by atoms with E-state index in [0.717, 1.165) is 0 Å². The van der Waals surface area contributed by atoms with E-state index in [4.69, 9.17) is 4.74 Å². The second-order valence-corrected chi connectivity index (χ2v) is 8.92. The van der Waals surface area contributed by atoms with Crippen LogP contribution in [0.25, 0.3) is 0 Å². The van der Waals surface area contributed by atoms with Crippen LogP contribution in [-0.4, -0.2) is 30.1 Å². The van der Waals surface area contributed by atoms with Gasteiger partial charge in [-0.3, -0.25) is 4.90 Å². The fourth-order valence-corrected chi connectivity index (χ4v) is 5.45. The highest BCUT2D eigenvalue weighted by Gasteiger charge is 2.47. The predicted octanol–water partition coefficient (Wildman–Crippen LogP) is 5.81. The van der Waals surface area contributed by atoms with E-state index < -0.39 is 0 Å². The van der Waals surface area contributed by atoms with Crippen LogP contribution in [0.5, 0.6) is 0 Å². The van der Waals surface area contributed by atoms with Gasteiger partial charge in [0, 0.05) is 12.0 Å². The summed E-state index contributed by atoms with van der Waals surface area (Å²) in [7, 11) is 0. The maximum atomic E-state index is 6.74. The molecule has 0 radical (unpaired) electrons. The summed E-state index contributed by atoms with van der Waals surface area (Å²) < 4.78 is 6.74. The molecule has 3 fully saturated rings. The summed E-state index contributed by atoms with van der Waals surface area (Å²) in [5.74, 6) is 0.985. The summed E-state index contributed by atoms with van der Waals surface area (Å²) in [6.45, 7) is 5.21. The van der Waals surface area contributed by atoms with Crippen LogP contribution in [0, 0.1) is 12.8 Å². The van der Waals surface area contributed by atoms with Crippen molar-refractivity contribution in [1.82, 2.24) is 4.90 Å². The number of hydrogen-bond acceptors (Lipinski definition) is 2. The number of nitrogens with zero attached hydrogens (tertiary/aromatic N) is 1. The highest BCUT2D eigenvalue weighted by Crippen LogP contribution is 2.43. The fraction of sp³-hybridized carbons (Fsp3) is 0.357. The molecular formula is C28H31NO. The SMILES string of the molecule is Cc1ccc(COC2C3CCN(CC3)C2C(c2ccccc2)c2ccccc2)cc1. The summed E-state index contributed by atoms with van der Waals surface area (Å²) in [5, 5.41) is 0. The van der Waals surface area contributed by atoms with E-state index in [-0.39, 0.29) is 6.10 Å². The smallest absolute Gasteiger partial charge is 0.0773 e. The van der Waals surface area contributed by atoms with Crippen LogP contribution in [0.4, 0.5) is 0 Å². The van der Waals surface area contributed by atoms with Crippen LogP contribution in [0.1, 0.15) is 41.0 Å². The molecule has 0 aliphatic carbocycles. The van der Waals surface area contributed by atoms with E-state index in [1.165, 1.54) is 48.2 Å². The summed E-state index contributed by atoms with van der Waals surface area (Å²) in [4.78, 5) is 2.70. The van der Waals surface area contributed by atoms with Crippen molar-refractivity contribution >= 4 is 0 Å². The molecule has 3 aliphatic heterocycles. The Bertz CT molecular complexity index is 890. The number of hydrogen-bond donors (Lipinski definition) is 0. The van der Waals surface area contributed by atoms with Gasteiger partial charge in [0.1, 0.15) is 0 Å². The Balaban J connectivity index is 1.48. The molecule has 3 heterocycles. The minimum absolute atomic E-state index is 0.263. The molecule has 0 N–H and O–H groups in total. The van der Waals surface area contributed by atoms with Gasteiger partial charge in [0.05, 0.1) is 12.7 Å². The summed E-state index contributed by atoms with van der Waals surface area (Å²) in [5.41, 5.74) is 5.36. The summed E-state index contributed by atoms with van der Waals surface area (Å²) in [6, 6.07) is 31.2. The maximum absolute atomic E-state index is 6.74. The first-order valence-electron chi connectivity index (χ1n) is 11.3. The van der Waals surface area contributed by atoms with Gasteiger partial charge in [0.2, 0.25) is 0 Å². The summed E-state index contributed by atoms with van der Waals surface area (Å²) >= 11 is 0. The van der Waals surface area contributed by atoms with Gasteiger partial charge in [-0.1, -0.05) is 90.5 Å². The zero-order valence-electron chi connectivity index (χ0n) is 17.8. The average Bonchev–Trinajstić information content (AvgIpc) is 2.82. The number of ether oxygens (including phenoxy) is 1. The molecule has 3 aliphatic rings. The third-order valence-corrected chi connectivity index (χ3v) is 7.02. The van der Waals surface area contributed by atoms with E-state index in [0.29, 0.717) is 24.5 Å². The van der Waals surface area contributed by atoms with Crippen molar-refractivity contribution in [2.24, 2.45) is 5.92 Å². The van der Waals surface area contributed by atoms with Crippen molar-refractivity contribution < 1.29 is 4.74 Å². The number of aryl methyl sites for hydroxylation is 1. The molecule has 30 heavy (non-hydrogen) atoms. The number of piperidine rings is 3. The van der Waals surface area contributed by atoms with Crippen molar-refractivity contribution in [1.29, 1.82) is 0 Å². The molecule has 2 bridgehead atoms. The first kappa shape index (κ1) is 19.5. The molecule has 3 aromatic rings. The third-order valence-electron chi connectivity index (χ3n) is 7.02. The monoisotopic (exact) mass is 397 g/mol. The molecule has 0 aromatic heterocycles. The first-order chi connectivity index (χ1) is 14.8. The highest BCUT2D eigenvalue weighted by molar-refractivity contribution is 5.35. The Kier molecular flexibility index (Phi) is 5.70.